The quantitative estimate of drug-likeness (QED) is 0.606. The number of nitrogens with zero attached hydrogens (tertiary/aromatic N) is 1. The van der Waals surface area contributed by atoms with Gasteiger partial charge in [0.1, 0.15) is 0 Å². The van der Waals surface area contributed by atoms with Crippen molar-refractivity contribution in [1.29, 1.82) is 0 Å². The molecule has 6 heteroatoms. The van der Waals surface area contributed by atoms with Crippen molar-refractivity contribution in [2.24, 2.45) is 29.6 Å². The van der Waals surface area contributed by atoms with Crippen LogP contribution in [0.25, 0.3) is 0 Å². The summed E-state index contributed by atoms with van der Waals surface area (Å²) in [4.78, 5) is 30.2. The number of fused-ring (bicyclic) bond motifs is 8. The van der Waals surface area contributed by atoms with Crippen LogP contribution in [0.4, 0.5) is 5.69 Å². The summed E-state index contributed by atoms with van der Waals surface area (Å²) in [7, 11) is 0. The predicted molar refractivity (Wildman–Crippen MR) is 133 cm³/mol. The summed E-state index contributed by atoms with van der Waals surface area (Å²) < 4.78 is 0. The number of benzene rings is 2. The molecule has 2 bridgehead atoms. The molecule has 0 unspecified atom stereocenters. The van der Waals surface area contributed by atoms with E-state index in [0.717, 1.165) is 17.0 Å². The number of rotatable bonds is 2. The van der Waals surface area contributed by atoms with Crippen LogP contribution in [0.2, 0.25) is 0 Å². The molecule has 3 fully saturated rings. The Bertz CT molecular complexity index is 1240. The number of amides is 2. The number of nitrogens with one attached hydrogen (secondary N) is 1. The SMILES string of the molecule is C=C1NC2=C(S1)[C@@H](c1ccccc1)[C@@H]1[C@@H]3C[C@H]([C@@H]1S2)[C@@H]1C(=O)N(c2ccc(C)cc2)C(=O)[C@H]31. The van der Waals surface area contributed by atoms with E-state index < -0.39 is 0 Å². The topological polar surface area (TPSA) is 49.4 Å². The lowest BCUT2D eigenvalue weighted by molar-refractivity contribution is -0.123. The Morgan fingerprint density at radius 2 is 1.67 bits per heavy atom. The van der Waals surface area contributed by atoms with Gasteiger partial charge in [-0.1, -0.05) is 66.4 Å². The second-order valence-corrected chi connectivity index (χ2v) is 12.2. The molecule has 0 aromatic heterocycles. The smallest absolute Gasteiger partial charge is 0.238 e. The lowest BCUT2D eigenvalue weighted by Gasteiger charge is -2.43. The first-order chi connectivity index (χ1) is 16.0. The first-order valence-corrected chi connectivity index (χ1v) is 13.3. The molecule has 166 valence electrons. The van der Waals surface area contributed by atoms with Crippen LogP contribution in [0.15, 0.2) is 76.1 Å². The number of carbonyl (C=O) groups excluding carboxylic acids is 2. The van der Waals surface area contributed by atoms with Crippen LogP contribution in [0.1, 0.15) is 23.5 Å². The maximum Gasteiger partial charge on any atom is 0.238 e. The summed E-state index contributed by atoms with van der Waals surface area (Å²) in [6.07, 6.45) is 0.979. The highest BCUT2D eigenvalue weighted by molar-refractivity contribution is 8.10. The summed E-state index contributed by atoms with van der Waals surface area (Å²) >= 11 is 3.64. The van der Waals surface area contributed by atoms with Gasteiger partial charge in [-0.25, -0.2) is 0 Å². The second kappa shape index (κ2) is 7.03. The highest BCUT2D eigenvalue weighted by atomic mass is 32.2. The number of thioether (sulfide) groups is 2. The highest BCUT2D eigenvalue weighted by Gasteiger charge is 2.69. The molecule has 3 heterocycles. The molecule has 1 N–H and O–H groups in total. The van der Waals surface area contributed by atoms with Gasteiger partial charge in [0, 0.05) is 16.1 Å². The number of allylic oxidation sites excluding steroid dienone is 1. The standard InChI is InChI=1S/C27H24N2O2S2/c1-13-8-10-16(11-9-13)29-26(30)21-17-12-18(22(21)27(29)31)23-20(17)19(15-6-4-3-5-7-15)24-25(33-23)28-14(2)32-24/h3-11,17-23,28H,2,12H2,1H3/t17-,18-,19-,20-,21+,22-,23-/m0/s1. The fourth-order valence-corrected chi connectivity index (χ4v) is 10.1. The number of aryl methyl sites for hydroxylation is 1. The fraction of sp³-hybridized carbons (Fsp3) is 0.333. The van der Waals surface area contributed by atoms with Gasteiger partial charge < -0.3 is 5.32 Å². The summed E-state index contributed by atoms with van der Waals surface area (Å²) in [5.74, 6) is 0.720. The summed E-state index contributed by atoms with van der Waals surface area (Å²) in [6.45, 7) is 6.19. The van der Waals surface area contributed by atoms with E-state index in [1.807, 2.05) is 43.0 Å². The Morgan fingerprint density at radius 1 is 0.970 bits per heavy atom. The zero-order valence-corrected chi connectivity index (χ0v) is 19.9. The van der Waals surface area contributed by atoms with Crippen LogP contribution in [-0.2, 0) is 9.59 Å². The first kappa shape index (κ1) is 20.0. The van der Waals surface area contributed by atoms with E-state index in [-0.39, 0.29) is 41.4 Å². The first-order valence-electron chi connectivity index (χ1n) is 11.6. The predicted octanol–water partition coefficient (Wildman–Crippen LogP) is 5.24. The number of anilines is 1. The second-order valence-electron chi connectivity index (χ2n) is 9.85. The maximum atomic E-state index is 13.7. The van der Waals surface area contributed by atoms with E-state index in [2.05, 4.69) is 42.2 Å². The Morgan fingerprint density at radius 3 is 2.39 bits per heavy atom. The summed E-state index contributed by atoms with van der Waals surface area (Å²) in [5.41, 5.74) is 3.15. The van der Waals surface area contributed by atoms with Gasteiger partial charge in [-0.05, 0) is 48.8 Å². The summed E-state index contributed by atoms with van der Waals surface area (Å²) in [6, 6.07) is 18.5. The Labute approximate surface area is 201 Å². The molecule has 2 amide bonds. The van der Waals surface area contributed by atoms with Gasteiger partial charge in [0.2, 0.25) is 11.8 Å². The Kier molecular flexibility index (Phi) is 4.26. The normalized spacial score (nSPS) is 36.2. The third-order valence-electron chi connectivity index (χ3n) is 8.24. The molecule has 4 nitrogen and oxygen atoms in total. The number of imide groups is 1. The van der Waals surface area contributed by atoms with E-state index in [1.54, 1.807) is 11.8 Å². The summed E-state index contributed by atoms with van der Waals surface area (Å²) in [5, 5.41) is 6.01. The third-order valence-corrected chi connectivity index (χ3v) is 10.9. The zero-order chi connectivity index (χ0) is 22.4. The van der Waals surface area contributed by atoms with Gasteiger partial charge in [-0.15, -0.1) is 11.8 Å². The zero-order valence-electron chi connectivity index (χ0n) is 18.2. The van der Waals surface area contributed by atoms with Crippen molar-refractivity contribution in [3.8, 4) is 0 Å². The molecule has 0 radical (unpaired) electrons. The molecular weight excluding hydrogens is 448 g/mol. The van der Waals surface area contributed by atoms with Gasteiger partial charge in [0.25, 0.3) is 0 Å². The van der Waals surface area contributed by atoms with Crippen LogP contribution in [0.3, 0.4) is 0 Å². The molecule has 2 aromatic rings. The van der Waals surface area contributed by atoms with Crippen LogP contribution in [-0.4, -0.2) is 17.1 Å². The van der Waals surface area contributed by atoms with E-state index in [1.165, 1.54) is 20.4 Å². The molecule has 2 saturated carbocycles. The minimum absolute atomic E-state index is 0.00889. The Hall–Kier alpha value is -2.44. The van der Waals surface area contributed by atoms with Gasteiger partial charge >= 0.3 is 0 Å². The van der Waals surface area contributed by atoms with Crippen molar-refractivity contribution in [2.75, 3.05) is 4.90 Å². The molecule has 3 aliphatic heterocycles. The van der Waals surface area contributed by atoms with Crippen molar-refractivity contribution in [3.05, 3.63) is 87.3 Å². The molecule has 33 heavy (non-hydrogen) atoms. The van der Waals surface area contributed by atoms with Crippen LogP contribution in [0, 0.1) is 36.5 Å². The van der Waals surface area contributed by atoms with Crippen molar-refractivity contribution in [1.82, 2.24) is 5.32 Å². The average molecular weight is 473 g/mol. The van der Waals surface area contributed by atoms with Gasteiger partial charge in [-0.3, -0.25) is 14.5 Å². The molecule has 0 spiro atoms. The molecule has 5 aliphatic rings. The third kappa shape index (κ3) is 2.68. The average Bonchev–Trinajstić information content (AvgIpc) is 3.54. The molecule has 7 atom stereocenters. The monoisotopic (exact) mass is 472 g/mol. The van der Waals surface area contributed by atoms with Crippen molar-refractivity contribution >= 4 is 41.0 Å². The van der Waals surface area contributed by atoms with Crippen LogP contribution < -0.4 is 10.2 Å². The number of hydrogen-bond donors (Lipinski definition) is 1. The van der Waals surface area contributed by atoms with E-state index >= 15 is 0 Å². The molecule has 2 aromatic carbocycles. The fourth-order valence-electron chi connectivity index (χ4n) is 7.07. The number of carbonyl (C=O) groups is 2. The maximum absolute atomic E-state index is 13.7. The highest BCUT2D eigenvalue weighted by Crippen LogP contribution is 2.70. The Balaban J connectivity index is 1.30. The lowest BCUT2D eigenvalue weighted by Crippen LogP contribution is -2.43. The largest absolute Gasteiger partial charge is 0.344 e. The van der Waals surface area contributed by atoms with Crippen LogP contribution in [0.5, 0.6) is 0 Å². The minimum Gasteiger partial charge on any atom is -0.344 e. The van der Waals surface area contributed by atoms with Gasteiger partial charge in [-0.2, -0.15) is 0 Å². The number of hydrogen-bond acceptors (Lipinski definition) is 5. The minimum atomic E-state index is -0.193. The lowest BCUT2D eigenvalue weighted by atomic mass is 9.68. The van der Waals surface area contributed by atoms with Crippen LogP contribution >= 0.6 is 23.5 Å². The molecule has 1 saturated heterocycles. The van der Waals surface area contributed by atoms with E-state index in [0.29, 0.717) is 16.9 Å². The molecular formula is C27H24N2O2S2. The molecule has 7 rings (SSSR count). The van der Waals surface area contributed by atoms with Crippen molar-refractivity contribution < 1.29 is 9.59 Å². The van der Waals surface area contributed by atoms with Gasteiger partial charge in [0.15, 0.2) is 0 Å². The molecule has 2 aliphatic carbocycles. The van der Waals surface area contributed by atoms with Crippen molar-refractivity contribution in [3.63, 3.8) is 0 Å². The van der Waals surface area contributed by atoms with E-state index in [9.17, 15) is 9.59 Å². The van der Waals surface area contributed by atoms with E-state index in [4.69, 9.17) is 0 Å². The van der Waals surface area contributed by atoms with Crippen molar-refractivity contribution in [2.45, 2.75) is 24.5 Å². The van der Waals surface area contributed by atoms with Gasteiger partial charge in [0.05, 0.1) is 27.6 Å².